The molecule has 68 valence electrons. The maximum absolute atomic E-state index is 4.30. The van der Waals surface area contributed by atoms with Crippen LogP contribution >= 0.6 is 56.9 Å². The maximum Gasteiger partial charge on any atom is 0.119 e. The third-order valence-corrected chi connectivity index (χ3v) is 5.29. The highest BCUT2D eigenvalue weighted by Gasteiger charge is 2.13. The Labute approximate surface area is 108 Å². The van der Waals surface area contributed by atoms with Crippen molar-refractivity contribution in [3.63, 3.8) is 0 Å². The normalized spacial score (nSPS) is 11.1. The van der Waals surface area contributed by atoms with Crippen molar-refractivity contribution >= 4 is 67.9 Å². The first-order chi connectivity index (χ1) is 6.13. The van der Waals surface area contributed by atoms with E-state index < -0.39 is 0 Å². The van der Waals surface area contributed by atoms with Gasteiger partial charge in [0.15, 0.2) is 0 Å². The second-order valence-electron chi connectivity index (χ2n) is 2.84. The summed E-state index contributed by atoms with van der Waals surface area (Å²) in [5.74, 6) is 0. The minimum absolute atomic E-state index is 1.05. The first-order valence-corrected chi connectivity index (χ1v) is 6.58. The van der Waals surface area contributed by atoms with E-state index in [9.17, 15) is 0 Å². The molecule has 0 unspecified atom stereocenters. The standard InChI is InChI=1S/C8H6I2N2S/c1-3-4(2)6(10)8-7(5(3)9)11-13-12-8/h1-2H3. The molecule has 2 nitrogen and oxygen atoms in total. The number of hydrogen-bond acceptors (Lipinski definition) is 3. The summed E-state index contributed by atoms with van der Waals surface area (Å²) < 4.78 is 11.1. The number of benzene rings is 1. The summed E-state index contributed by atoms with van der Waals surface area (Å²) in [5, 5.41) is 0. The highest BCUT2D eigenvalue weighted by molar-refractivity contribution is 14.1. The number of nitrogens with zero attached hydrogens (tertiary/aromatic N) is 2. The van der Waals surface area contributed by atoms with Crippen LogP contribution in [0.25, 0.3) is 11.0 Å². The molecule has 2 rings (SSSR count). The van der Waals surface area contributed by atoms with E-state index in [1.807, 2.05) is 0 Å². The Balaban J connectivity index is 3.02. The molecule has 0 aliphatic heterocycles. The lowest BCUT2D eigenvalue weighted by molar-refractivity contribution is 1.31. The largest absolute Gasteiger partial charge is 0.172 e. The molecule has 1 heterocycles. The van der Waals surface area contributed by atoms with Crippen LogP contribution in [-0.2, 0) is 0 Å². The minimum atomic E-state index is 1.05. The molecular formula is C8H6I2N2S. The Morgan fingerprint density at radius 1 is 0.923 bits per heavy atom. The van der Waals surface area contributed by atoms with Gasteiger partial charge in [-0.05, 0) is 70.2 Å². The molecule has 0 atom stereocenters. The molecular weight excluding hydrogens is 410 g/mol. The van der Waals surface area contributed by atoms with Gasteiger partial charge >= 0.3 is 0 Å². The Morgan fingerprint density at radius 3 is 1.69 bits per heavy atom. The van der Waals surface area contributed by atoms with Gasteiger partial charge in [-0.15, -0.1) is 0 Å². The van der Waals surface area contributed by atoms with Crippen LogP contribution in [0, 0.1) is 21.0 Å². The molecule has 0 radical (unpaired) electrons. The summed E-state index contributed by atoms with van der Waals surface area (Å²) in [7, 11) is 0. The SMILES string of the molecule is Cc1c(C)c(I)c2nsnc2c1I. The van der Waals surface area contributed by atoms with Gasteiger partial charge in [-0.25, -0.2) is 0 Å². The second kappa shape index (κ2) is 3.58. The van der Waals surface area contributed by atoms with Crippen LogP contribution in [0.4, 0.5) is 0 Å². The topological polar surface area (TPSA) is 25.8 Å². The molecule has 13 heavy (non-hydrogen) atoms. The Bertz CT molecular complexity index is 436. The van der Waals surface area contributed by atoms with E-state index in [4.69, 9.17) is 0 Å². The number of fused-ring (bicyclic) bond motifs is 1. The summed E-state index contributed by atoms with van der Waals surface area (Å²) in [6.07, 6.45) is 0. The molecule has 5 heteroatoms. The van der Waals surface area contributed by atoms with E-state index in [-0.39, 0.29) is 0 Å². The van der Waals surface area contributed by atoms with Crippen LogP contribution in [0.15, 0.2) is 0 Å². The number of hydrogen-bond donors (Lipinski definition) is 0. The van der Waals surface area contributed by atoms with Gasteiger partial charge in [-0.3, -0.25) is 0 Å². The van der Waals surface area contributed by atoms with Crippen LogP contribution in [0.3, 0.4) is 0 Å². The van der Waals surface area contributed by atoms with E-state index in [0.29, 0.717) is 0 Å². The first-order valence-electron chi connectivity index (χ1n) is 3.69. The predicted octanol–water partition coefficient (Wildman–Crippen LogP) is 3.52. The van der Waals surface area contributed by atoms with Crippen molar-refractivity contribution in [2.24, 2.45) is 0 Å². The monoisotopic (exact) mass is 416 g/mol. The Hall–Kier alpha value is 0.500. The van der Waals surface area contributed by atoms with Crippen molar-refractivity contribution < 1.29 is 0 Å². The maximum atomic E-state index is 4.30. The van der Waals surface area contributed by atoms with Crippen LogP contribution in [0.5, 0.6) is 0 Å². The molecule has 2 aromatic rings. The van der Waals surface area contributed by atoms with Gasteiger partial charge in [0, 0.05) is 7.14 Å². The lowest BCUT2D eigenvalue weighted by atomic mass is 10.1. The summed E-state index contributed by atoms with van der Waals surface area (Å²) in [6.45, 7) is 4.27. The van der Waals surface area contributed by atoms with Crippen molar-refractivity contribution in [2.45, 2.75) is 13.8 Å². The fourth-order valence-corrected chi connectivity index (χ4v) is 3.61. The number of aromatic nitrogens is 2. The Morgan fingerprint density at radius 2 is 1.31 bits per heavy atom. The van der Waals surface area contributed by atoms with E-state index in [0.717, 1.165) is 11.0 Å². The molecule has 0 aliphatic carbocycles. The molecule has 1 aromatic heterocycles. The van der Waals surface area contributed by atoms with Gasteiger partial charge in [0.25, 0.3) is 0 Å². The molecule has 0 aliphatic rings. The fourth-order valence-electron chi connectivity index (χ4n) is 1.16. The van der Waals surface area contributed by atoms with Crippen molar-refractivity contribution in [2.75, 3.05) is 0 Å². The molecule has 0 saturated carbocycles. The average molecular weight is 416 g/mol. The third-order valence-electron chi connectivity index (χ3n) is 2.13. The number of rotatable bonds is 0. The Kier molecular flexibility index (Phi) is 2.76. The second-order valence-corrected chi connectivity index (χ2v) is 5.53. The summed E-state index contributed by atoms with van der Waals surface area (Å²) >= 11 is 5.97. The molecule has 0 fully saturated rings. The number of halogens is 2. The van der Waals surface area contributed by atoms with Crippen LogP contribution in [0.1, 0.15) is 11.1 Å². The van der Waals surface area contributed by atoms with Crippen molar-refractivity contribution in [1.29, 1.82) is 0 Å². The minimum Gasteiger partial charge on any atom is -0.172 e. The zero-order valence-corrected chi connectivity index (χ0v) is 12.2. The van der Waals surface area contributed by atoms with Gasteiger partial charge < -0.3 is 0 Å². The molecule has 0 N–H and O–H groups in total. The quantitative estimate of drug-likeness (QED) is 0.615. The van der Waals surface area contributed by atoms with E-state index in [2.05, 4.69) is 67.8 Å². The lowest BCUT2D eigenvalue weighted by Crippen LogP contribution is -1.92. The van der Waals surface area contributed by atoms with Crippen LogP contribution in [0.2, 0.25) is 0 Å². The molecule has 0 bridgehead atoms. The fraction of sp³-hybridized carbons (Fsp3) is 0.250. The molecule has 0 amide bonds. The summed E-state index contributed by atoms with van der Waals surface area (Å²) in [5.41, 5.74) is 4.76. The van der Waals surface area contributed by atoms with Crippen molar-refractivity contribution in [3.05, 3.63) is 18.3 Å². The highest BCUT2D eigenvalue weighted by Crippen LogP contribution is 2.30. The van der Waals surface area contributed by atoms with Gasteiger partial charge in [0.05, 0.1) is 11.7 Å². The smallest absolute Gasteiger partial charge is 0.119 e. The average Bonchev–Trinajstić information content (AvgIpc) is 2.59. The van der Waals surface area contributed by atoms with Gasteiger partial charge in [0.1, 0.15) is 11.0 Å². The van der Waals surface area contributed by atoms with Gasteiger partial charge in [-0.1, -0.05) is 0 Å². The van der Waals surface area contributed by atoms with E-state index >= 15 is 0 Å². The highest BCUT2D eigenvalue weighted by atomic mass is 127. The molecule has 1 aromatic carbocycles. The first kappa shape index (κ1) is 10.0. The summed E-state index contributed by atoms with van der Waals surface area (Å²) in [6, 6.07) is 0. The van der Waals surface area contributed by atoms with Crippen molar-refractivity contribution in [1.82, 2.24) is 8.75 Å². The van der Waals surface area contributed by atoms with E-state index in [1.165, 1.54) is 30.0 Å². The third kappa shape index (κ3) is 1.48. The molecule has 0 saturated heterocycles. The van der Waals surface area contributed by atoms with Gasteiger partial charge in [-0.2, -0.15) is 8.75 Å². The van der Waals surface area contributed by atoms with Gasteiger partial charge in [0.2, 0.25) is 0 Å². The predicted molar refractivity (Wildman–Crippen MR) is 72.3 cm³/mol. The zero-order chi connectivity index (χ0) is 9.59. The van der Waals surface area contributed by atoms with Crippen molar-refractivity contribution in [3.8, 4) is 0 Å². The summed E-state index contributed by atoms with van der Waals surface area (Å²) in [4.78, 5) is 0. The lowest BCUT2D eigenvalue weighted by Gasteiger charge is -2.05. The molecule has 0 spiro atoms. The zero-order valence-electron chi connectivity index (χ0n) is 7.06. The van der Waals surface area contributed by atoms with E-state index in [1.54, 1.807) is 0 Å². The van der Waals surface area contributed by atoms with Crippen LogP contribution in [-0.4, -0.2) is 8.75 Å². The van der Waals surface area contributed by atoms with Crippen LogP contribution < -0.4 is 0 Å².